The Kier molecular flexibility index (Phi) is 5.27. The zero-order valence-corrected chi connectivity index (χ0v) is 16.8. The van der Waals surface area contributed by atoms with Gasteiger partial charge in [0.25, 0.3) is 5.91 Å². The molecular formula is C21H19N7O3. The van der Waals surface area contributed by atoms with Crippen LogP contribution in [0.1, 0.15) is 40.6 Å². The Labute approximate surface area is 177 Å². The lowest BCUT2D eigenvalue weighted by molar-refractivity contribution is 0.100. The van der Waals surface area contributed by atoms with E-state index in [9.17, 15) is 9.59 Å². The van der Waals surface area contributed by atoms with Gasteiger partial charge in [-0.1, -0.05) is 17.3 Å². The maximum Gasteiger partial charge on any atom is 0.257 e. The summed E-state index contributed by atoms with van der Waals surface area (Å²) in [6, 6.07) is 11.6. The topological polar surface area (TPSA) is 142 Å². The van der Waals surface area contributed by atoms with Crippen molar-refractivity contribution in [1.82, 2.24) is 24.9 Å². The van der Waals surface area contributed by atoms with Gasteiger partial charge in [0.1, 0.15) is 18.3 Å². The number of hydrogen-bond donors (Lipinski definition) is 2. The Balaban J connectivity index is 1.84. The van der Waals surface area contributed by atoms with Gasteiger partial charge in [-0.3, -0.25) is 9.59 Å². The molecule has 0 aliphatic carbocycles. The quantitative estimate of drug-likeness (QED) is 0.491. The summed E-state index contributed by atoms with van der Waals surface area (Å²) in [5, 5.41) is 14.5. The summed E-state index contributed by atoms with van der Waals surface area (Å²) in [6.45, 7) is 4.01. The predicted molar refractivity (Wildman–Crippen MR) is 112 cm³/mol. The second-order valence-corrected chi connectivity index (χ2v) is 6.99. The maximum atomic E-state index is 12.9. The van der Waals surface area contributed by atoms with Crippen molar-refractivity contribution in [1.29, 1.82) is 0 Å². The molecule has 1 aromatic carbocycles. The van der Waals surface area contributed by atoms with Crippen molar-refractivity contribution in [2.75, 3.05) is 5.32 Å². The van der Waals surface area contributed by atoms with Crippen molar-refractivity contribution in [3.63, 3.8) is 0 Å². The van der Waals surface area contributed by atoms with E-state index >= 15 is 0 Å². The number of carbonyl (C=O) groups excluding carboxylic acids is 2. The third-order valence-electron chi connectivity index (χ3n) is 4.62. The molecule has 0 fully saturated rings. The van der Waals surface area contributed by atoms with Crippen molar-refractivity contribution in [2.45, 2.75) is 19.9 Å². The van der Waals surface area contributed by atoms with Gasteiger partial charge in [-0.05, 0) is 38.1 Å². The highest BCUT2D eigenvalue weighted by atomic mass is 16.5. The Morgan fingerprint density at radius 3 is 2.52 bits per heavy atom. The minimum atomic E-state index is -0.677. The number of aromatic nitrogens is 5. The number of hydrogen-bond acceptors (Lipinski definition) is 7. The van der Waals surface area contributed by atoms with E-state index in [1.807, 2.05) is 18.4 Å². The summed E-state index contributed by atoms with van der Waals surface area (Å²) in [5.74, 6) is -0.345. The molecule has 3 N–H and O–H groups in total. The SMILES string of the molecule is CC(C)n1cnnc1-c1cccc(-c2c(C(N)=O)cccc2C(=O)Nc2ccon2)n1. The molecule has 10 nitrogen and oxygen atoms in total. The summed E-state index contributed by atoms with van der Waals surface area (Å²) in [6.07, 6.45) is 2.97. The molecule has 0 atom stereocenters. The molecule has 0 aliphatic rings. The molecule has 3 aromatic heterocycles. The minimum Gasteiger partial charge on any atom is -0.366 e. The van der Waals surface area contributed by atoms with Crippen LogP contribution in [0.5, 0.6) is 0 Å². The van der Waals surface area contributed by atoms with E-state index < -0.39 is 11.8 Å². The number of primary amides is 1. The largest absolute Gasteiger partial charge is 0.366 e. The smallest absolute Gasteiger partial charge is 0.257 e. The highest BCUT2D eigenvalue weighted by Crippen LogP contribution is 2.29. The van der Waals surface area contributed by atoms with Gasteiger partial charge in [-0.25, -0.2) is 4.98 Å². The van der Waals surface area contributed by atoms with Gasteiger partial charge in [0, 0.05) is 28.8 Å². The zero-order valence-electron chi connectivity index (χ0n) is 16.8. The molecular weight excluding hydrogens is 398 g/mol. The van der Waals surface area contributed by atoms with E-state index in [-0.39, 0.29) is 23.0 Å². The molecule has 31 heavy (non-hydrogen) atoms. The number of nitrogens with two attached hydrogens (primary N) is 1. The fourth-order valence-electron chi connectivity index (χ4n) is 3.19. The van der Waals surface area contributed by atoms with Crippen molar-refractivity contribution < 1.29 is 14.1 Å². The summed E-state index contributed by atoms with van der Waals surface area (Å²) >= 11 is 0. The zero-order chi connectivity index (χ0) is 22.0. The Bertz CT molecular complexity index is 1250. The third kappa shape index (κ3) is 3.90. The Hall–Kier alpha value is -4.34. The van der Waals surface area contributed by atoms with Gasteiger partial charge < -0.3 is 20.1 Å². The normalized spacial score (nSPS) is 10.9. The molecule has 3 heterocycles. The maximum absolute atomic E-state index is 12.9. The van der Waals surface area contributed by atoms with Crippen LogP contribution in [0.25, 0.3) is 22.8 Å². The number of rotatable bonds is 6. The standard InChI is InChI=1S/C21H19N7O3/c1-12(2)28-11-23-26-20(28)16-8-4-7-15(24-16)18-13(19(22)29)5-3-6-14(18)21(30)25-17-9-10-31-27-17/h3-12H,1-2H3,(H2,22,29)(H,25,27,30). The van der Waals surface area contributed by atoms with Crippen LogP contribution in [-0.4, -0.2) is 36.7 Å². The van der Waals surface area contributed by atoms with E-state index in [0.29, 0.717) is 22.8 Å². The molecule has 0 unspecified atom stereocenters. The number of amides is 2. The van der Waals surface area contributed by atoms with Crippen LogP contribution < -0.4 is 11.1 Å². The summed E-state index contributed by atoms with van der Waals surface area (Å²) in [5.41, 5.74) is 7.25. The van der Waals surface area contributed by atoms with Gasteiger partial charge in [-0.2, -0.15) is 0 Å². The van der Waals surface area contributed by atoms with Crippen LogP contribution in [-0.2, 0) is 0 Å². The fourth-order valence-corrected chi connectivity index (χ4v) is 3.19. The van der Waals surface area contributed by atoms with Crippen LogP contribution in [0.3, 0.4) is 0 Å². The van der Waals surface area contributed by atoms with Crippen LogP contribution in [0, 0.1) is 0 Å². The average molecular weight is 417 g/mol. The van der Waals surface area contributed by atoms with Gasteiger partial charge in [-0.15, -0.1) is 10.2 Å². The first-order valence-corrected chi connectivity index (χ1v) is 9.47. The fraction of sp³-hybridized carbons (Fsp3) is 0.143. The first kappa shape index (κ1) is 20.0. The van der Waals surface area contributed by atoms with Gasteiger partial charge in [0.2, 0.25) is 5.91 Å². The van der Waals surface area contributed by atoms with Crippen LogP contribution in [0.15, 0.2) is 59.6 Å². The minimum absolute atomic E-state index is 0.122. The van der Waals surface area contributed by atoms with Gasteiger partial charge in [0.15, 0.2) is 11.6 Å². The molecule has 2 amide bonds. The number of pyridine rings is 1. The lowest BCUT2D eigenvalue weighted by Crippen LogP contribution is -2.18. The Morgan fingerprint density at radius 1 is 1.06 bits per heavy atom. The third-order valence-corrected chi connectivity index (χ3v) is 4.62. The lowest BCUT2D eigenvalue weighted by Gasteiger charge is -2.14. The monoisotopic (exact) mass is 417 g/mol. The first-order valence-electron chi connectivity index (χ1n) is 9.47. The second kappa shape index (κ2) is 8.19. The molecule has 10 heteroatoms. The summed E-state index contributed by atoms with van der Waals surface area (Å²) in [4.78, 5) is 29.8. The van der Waals surface area contributed by atoms with Crippen LogP contribution in [0.4, 0.5) is 5.82 Å². The van der Waals surface area contributed by atoms with Crippen LogP contribution >= 0.6 is 0 Å². The van der Waals surface area contributed by atoms with Crippen molar-refractivity contribution in [2.24, 2.45) is 5.73 Å². The summed E-state index contributed by atoms with van der Waals surface area (Å²) in [7, 11) is 0. The lowest BCUT2D eigenvalue weighted by atomic mass is 9.96. The molecule has 0 saturated heterocycles. The van der Waals surface area contributed by atoms with Crippen molar-refractivity contribution in [3.05, 3.63) is 66.2 Å². The molecule has 0 aliphatic heterocycles. The molecule has 4 rings (SSSR count). The predicted octanol–water partition coefficient (Wildman–Crippen LogP) is 2.93. The number of nitrogens with one attached hydrogen (secondary N) is 1. The molecule has 156 valence electrons. The van der Waals surface area contributed by atoms with E-state index in [4.69, 9.17) is 10.3 Å². The number of benzene rings is 1. The number of nitrogens with zero attached hydrogens (tertiary/aromatic N) is 5. The first-order chi connectivity index (χ1) is 15.0. The second-order valence-electron chi connectivity index (χ2n) is 6.99. The molecule has 0 radical (unpaired) electrons. The number of carbonyl (C=O) groups is 2. The van der Waals surface area contributed by atoms with Gasteiger partial charge in [0.05, 0.1) is 5.69 Å². The molecule has 0 spiro atoms. The molecule has 0 bridgehead atoms. The molecule has 4 aromatic rings. The van der Waals surface area contributed by atoms with Crippen molar-refractivity contribution >= 4 is 17.6 Å². The van der Waals surface area contributed by atoms with Gasteiger partial charge >= 0.3 is 0 Å². The van der Waals surface area contributed by atoms with E-state index in [0.717, 1.165) is 0 Å². The number of anilines is 1. The van der Waals surface area contributed by atoms with E-state index in [2.05, 4.69) is 25.7 Å². The molecule has 0 saturated carbocycles. The highest BCUT2D eigenvalue weighted by molar-refractivity contribution is 6.12. The van der Waals surface area contributed by atoms with Crippen molar-refractivity contribution in [3.8, 4) is 22.8 Å². The summed E-state index contributed by atoms with van der Waals surface area (Å²) < 4.78 is 6.63. The Morgan fingerprint density at radius 2 is 1.81 bits per heavy atom. The van der Waals surface area contributed by atoms with Crippen LogP contribution in [0.2, 0.25) is 0 Å². The van der Waals surface area contributed by atoms with E-state index in [1.54, 1.807) is 42.7 Å². The van der Waals surface area contributed by atoms with E-state index in [1.165, 1.54) is 12.3 Å². The average Bonchev–Trinajstić information content (AvgIpc) is 3.45. The highest BCUT2D eigenvalue weighted by Gasteiger charge is 2.22.